The molecule has 0 N–H and O–H groups in total. The Morgan fingerprint density at radius 2 is 1.70 bits per heavy atom. The molecular formula is C14H17NO3S2. The van der Waals surface area contributed by atoms with Crippen LogP contribution in [0.1, 0.15) is 5.56 Å². The first kappa shape index (κ1) is 16.7. The molecule has 0 unspecified atom stereocenters. The molecule has 0 atom stereocenters. The van der Waals surface area contributed by atoms with Gasteiger partial charge in [0.2, 0.25) is 5.03 Å². The largest absolute Gasteiger partial charge is 0.744 e. The highest BCUT2D eigenvalue weighted by Crippen LogP contribution is 2.08. The van der Waals surface area contributed by atoms with Gasteiger partial charge in [0, 0.05) is 12.1 Å². The Bertz CT molecular complexity index is 652. The molecule has 0 spiro atoms. The van der Waals surface area contributed by atoms with Crippen LogP contribution >= 0.6 is 11.8 Å². The normalized spacial score (nSPS) is 10.6. The molecule has 0 bridgehead atoms. The van der Waals surface area contributed by atoms with Crippen molar-refractivity contribution in [1.29, 1.82) is 0 Å². The average molecular weight is 311 g/mol. The summed E-state index contributed by atoms with van der Waals surface area (Å²) >= 11 is 1.76. The number of aromatic nitrogens is 1. The smallest absolute Gasteiger partial charge is 0.239 e. The molecule has 0 saturated carbocycles. The van der Waals surface area contributed by atoms with Crippen molar-refractivity contribution in [2.75, 3.05) is 6.26 Å². The van der Waals surface area contributed by atoms with E-state index in [-0.39, 0.29) is 4.90 Å². The van der Waals surface area contributed by atoms with Crippen LogP contribution in [-0.2, 0) is 17.2 Å². The predicted molar refractivity (Wildman–Crippen MR) is 78.5 cm³/mol. The quantitative estimate of drug-likeness (QED) is 0.484. The van der Waals surface area contributed by atoms with E-state index in [1.165, 1.54) is 17.2 Å². The minimum Gasteiger partial charge on any atom is -0.744 e. The summed E-state index contributed by atoms with van der Waals surface area (Å²) in [6.07, 6.45) is 4.13. The molecule has 0 fully saturated rings. The van der Waals surface area contributed by atoms with Gasteiger partial charge in [0.05, 0.1) is 4.90 Å². The number of hydrogen-bond acceptors (Lipinski definition) is 4. The highest BCUT2D eigenvalue weighted by atomic mass is 32.2. The molecule has 1 aromatic carbocycles. The Morgan fingerprint density at radius 1 is 1.10 bits per heavy atom. The van der Waals surface area contributed by atoms with Crippen LogP contribution in [0.5, 0.6) is 0 Å². The summed E-state index contributed by atoms with van der Waals surface area (Å²) in [6, 6.07) is 12.0. The first-order valence-electron chi connectivity index (χ1n) is 5.86. The molecule has 4 nitrogen and oxygen atoms in total. The number of nitrogens with zero attached hydrogens (tertiary/aromatic N) is 1. The zero-order chi connectivity index (χ0) is 15.2. The van der Waals surface area contributed by atoms with Gasteiger partial charge in [-0.15, -0.1) is 0 Å². The fourth-order valence-corrected chi connectivity index (χ4v) is 2.46. The number of pyridine rings is 1. The zero-order valence-electron chi connectivity index (χ0n) is 11.6. The first-order valence-corrected chi connectivity index (χ1v) is 8.49. The molecule has 2 rings (SSSR count). The van der Waals surface area contributed by atoms with Crippen molar-refractivity contribution in [1.82, 2.24) is 0 Å². The second-order valence-corrected chi connectivity index (χ2v) is 6.33. The Balaban J connectivity index is 0.000000204. The summed E-state index contributed by atoms with van der Waals surface area (Å²) in [5.41, 5.74) is 0.928. The SMILES string of the molecule is CSc1cccc[n+]1C.Cc1ccc(S(=O)(=O)[O-])cc1. The third kappa shape index (κ3) is 5.32. The lowest BCUT2D eigenvalue weighted by Crippen LogP contribution is -2.29. The number of thioether (sulfide) groups is 1. The second kappa shape index (κ2) is 7.42. The standard InChI is InChI=1S/C7H10NS.C7H8O3S/c1-8-6-4-3-5-7(8)9-2;1-6-2-4-7(5-3-6)11(8,9)10/h3-6H,1-2H3;2-5H,1H3,(H,8,9,10)/q+1;/p-1. The van der Waals surface area contributed by atoms with Gasteiger partial charge in [-0.3, -0.25) is 0 Å². The minimum atomic E-state index is -4.27. The molecular weight excluding hydrogens is 294 g/mol. The maximum atomic E-state index is 10.4. The van der Waals surface area contributed by atoms with E-state index in [0.29, 0.717) is 0 Å². The highest BCUT2D eigenvalue weighted by Gasteiger charge is 1.99. The van der Waals surface area contributed by atoms with Gasteiger partial charge in [0.25, 0.3) is 0 Å². The van der Waals surface area contributed by atoms with Crippen LogP contribution in [0.3, 0.4) is 0 Å². The third-order valence-corrected chi connectivity index (χ3v) is 4.22. The Kier molecular flexibility index (Phi) is 6.19. The van der Waals surface area contributed by atoms with Crippen molar-refractivity contribution in [2.45, 2.75) is 16.8 Å². The summed E-state index contributed by atoms with van der Waals surface area (Å²) < 4.78 is 33.3. The van der Waals surface area contributed by atoms with Crippen LogP contribution < -0.4 is 4.57 Å². The van der Waals surface area contributed by atoms with E-state index in [1.807, 2.05) is 32.3 Å². The van der Waals surface area contributed by atoms with Crippen molar-refractivity contribution >= 4 is 21.9 Å². The van der Waals surface area contributed by atoms with Gasteiger partial charge in [0.1, 0.15) is 17.2 Å². The van der Waals surface area contributed by atoms with Crippen LogP contribution in [0, 0.1) is 6.92 Å². The van der Waals surface area contributed by atoms with Crippen LogP contribution in [0.25, 0.3) is 0 Å². The monoisotopic (exact) mass is 311 g/mol. The van der Waals surface area contributed by atoms with Crippen molar-refractivity contribution in [3.05, 3.63) is 54.2 Å². The molecule has 0 aliphatic carbocycles. The van der Waals surface area contributed by atoms with E-state index in [9.17, 15) is 13.0 Å². The molecule has 0 aliphatic heterocycles. The minimum absolute atomic E-state index is 0.178. The van der Waals surface area contributed by atoms with Crippen LogP contribution in [-0.4, -0.2) is 19.2 Å². The van der Waals surface area contributed by atoms with E-state index in [4.69, 9.17) is 0 Å². The Hall–Kier alpha value is -1.37. The first-order chi connectivity index (χ1) is 9.34. The Morgan fingerprint density at radius 3 is 2.10 bits per heavy atom. The summed E-state index contributed by atoms with van der Waals surface area (Å²) in [6.45, 7) is 1.82. The lowest BCUT2D eigenvalue weighted by atomic mass is 10.2. The molecule has 1 heterocycles. The van der Waals surface area contributed by atoms with Gasteiger partial charge < -0.3 is 4.55 Å². The summed E-state index contributed by atoms with van der Waals surface area (Å²) in [5, 5.41) is 1.29. The van der Waals surface area contributed by atoms with Gasteiger partial charge in [-0.25, -0.2) is 8.42 Å². The fraction of sp³-hybridized carbons (Fsp3) is 0.214. The van der Waals surface area contributed by atoms with Crippen LogP contribution in [0.4, 0.5) is 0 Å². The molecule has 1 aromatic heterocycles. The van der Waals surface area contributed by atoms with Gasteiger partial charge in [-0.05, 0) is 31.4 Å². The number of aryl methyl sites for hydroxylation is 2. The molecule has 6 heteroatoms. The van der Waals surface area contributed by atoms with E-state index < -0.39 is 10.1 Å². The summed E-state index contributed by atoms with van der Waals surface area (Å²) in [5.74, 6) is 0. The average Bonchev–Trinajstić information content (AvgIpc) is 2.39. The predicted octanol–water partition coefficient (Wildman–Crippen LogP) is 2.13. The lowest BCUT2D eigenvalue weighted by molar-refractivity contribution is -0.708. The van der Waals surface area contributed by atoms with E-state index in [1.54, 1.807) is 23.9 Å². The maximum absolute atomic E-state index is 10.4. The Labute approximate surface area is 124 Å². The number of benzene rings is 1. The van der Waals surface area contributed by atoms with E-state index in [2.05, 4.69) is 16.9 Å². The van der Waals surface area contributed by atoms with Crippen LogP contribution in [0.15, 0.2) is 58.6 Å². The van der Waals surface area contributed by atoms with Gasteiger partial charge in [-0.2, -0.15) is 4.57 Å². The van der Waals surface area contributed by atoms with Crippen molar-refractivity contribution in [3.8, 4) is 0 Å². The number of rotatable bonds is 2. The van der Waals surface area contributed by atoms with Gasteiger partial charge >= 0.3 is 0 Å². The molecule has 0 amide bonds. The molecule has 0 aliphatic rings. The topological polar surface area (TPSA) is 61.1 Å². The zero-order valence-corrected chi connectivity index (χ0v) is 13.2. The summed E-state index contributed by atoms with van der Waals surface area (Å²) in [4.78, 5) is -0.178. The number of hydrogen-bond donors (Lipinski definition) is 0. The van der Waals surface area contributed by atoms with Crippen molar-refractivity contribution in [2.24, 2.45) is 7.05 Å². The fourth-order valence-electron chi connectivity index (χ4n) is 1.42. The molecule has 108 valence electrons. The lowest BCUT2D eigenvalue weighted by Gasteiger charge is -2.05. The molecule has 0 radical (unpaired) electrons. The van der Waals surface area contributed by atoms with E-state index >= 15 is 0 Å². The van der Waals surface area contributed by atoms with Crippen molar-refractivity contribution < 1.29 is 17.5 Å². The second-order valence-electron chi connectivity index (χ2n) is 4.12. The van der Waals surface area contributed by atoms with E-state index in [0.717, 1.165) is 5.56 Å². The third-order valence-electron chi connectivity index (χ3n) is 2.53. The molecule has 0 saturated heterocycles. The van der Waals surface area contributed by atoms with Gasteiger partial charge in [-0.1, -0.05) is 29.5 Å². The van der Waals surface area contributed by atoms with Crippen LogP contribution in [0.2, 0.25) is 0 Å². The summed E-state index contributed by atoms with van der Waals surface area (Å²) in [7, 11) is -2.22. The highest BCUT2D eigenvalue weighted by molar-refractivity contribution is 7.98. The molecule has 2 aromatic rings. The van der Waals surface area contributed by atoms with Crippen molar-refractivity contribution in [3.63, 3.8) is 0 Å². The van der Waals surface area contributed by atoms with Gasteiger partial charge in [0.15, 0.2) is 6.20 Å². The maximum Gasteiger partial charge on any atom is 0.239 e. The molecule has 20 heavy (non-hydrogen) atoms.